The van der Waals surface area contributed by atoms with Gasteiger partial charge in [0.2, 0.25) is 0 Å². The van der Waals surface area contributed by atoms with Crippen molar-refractivity contribution < 1.29 is 9.72 Å². The van der Waals surface area contributed by atoms with Gasteiger partial charge in [0.25, 0.3) is 11.6 Å². The van der Waals surface area contributed by atoms with Crippen LogP contribution in [0.5, 0.6) is 0 Å². The van der Waals surface area contributed by atoms with E-state index in [9.17, 15) is 14.9 Å². The predicted octanol–water partition coefficient (Wildman–Crippen LogP) is 1.92. The molecule has 112 valence electrons. The van der Waals surface area contributed by atoms with E-state index in [4.69, 9.17) is 0 Å². The van der Waals surface area contributed by atoms with E-state index in [0.29, 0.717) is 17.6 Å². The Balaban J connectivity index is 1.73. The van der Waals surface area contributed by atoms with Gasteiger partial charge in [-0.2, -0.15) is 0 Å². The van der Waals surface area contributed by atoms with Crippen LogP contribution in [-0.2, 0) is 0 Å². The maximum absolute atomic E-state index is 12.4. The number of carbonyl (C=O) groups is 1. The number of nitro benzene ring substituents is 1. The molecule has 2 fully saturated rings. The van der Waals surface area contributed by atoms with E-state index in [-0.39, 0.29) is 17.6 Å². The summed E-state index contributed by atoms with van der Waals surface area (Å²) in [4.78, 5) is 22.8. The number of rotatable bonds is 3. The van der Waals surface area contributed by atoms with Crippen LogP contribution in [0.4, 0.5) is 5.69 Å². The molecule has 2 heterocycles. The third kappa shape index (κ3) is 2.90. The Morgan fingerprint density at radius 1 is 1.33 bits per heavy atom. The van der Waals surface area contributed by atoms with Gasteiger partial charge < -0.3 is 10.6 Å². The number of nitrogens with zero attached hydrogens (tertiary/aromatic N) is 1. The number of hydrogen-bond donors (Lipinski definition) is 2. The molecular formula is C15H19N3O3. The first-order valence-electron chi connectivity index (χ1n) is 7.35. The largest absolute Gasteiger partial charge is 0.349 e. The van der Waals surface area contributed by atoms with Gasteiger partial charge in [0, 0.05) is 35.8 Å². The molecule has 2 saturated heterocycles. The second kappa shape index (κ2) is 5.44. The van der Waals surface area contributed by atoms with Crippen LogP contribution in [-0.4, -0.2) is 29.0 Å². The van der Waals surface area contributed by atoms with Gasteiger partial charge in [-0.05, 0) is 38.2 Å². The molecule has 6 heteroatoms. The highest BCUT2D eigenvalue weighted by Crippen LogP contribution is 2.27. The molecule has 21 heavy (non-hydrogen) atoms. The second-order valence-corrected chi connectivity index (χ2v) is 6.04. The van der Waals surface area contributed by atoms with Gasteiger partial charge in [0.15, 0.2) is 0 Å². The lowest BCUT2D eigenvalue weighted by Crippen LogP contribution is -2.48. The smallest absolute Gasteiger partial charge is 0.270 e. The van der Waals surface area contributed by atoms with Crippen molar-refractivity contribution in [3.63, 3.8) is 0 Å². The van der Waals surface area contributed by atoms with Crippen LogP contribution in [0.3, 0.4) is 0 Å². The van der Waals surface area contributed by atoms with Crippen LogP contribution in [0.1, 0.15) is 41.6 Å². The predicted molar refractivity (Wildman–Crippen MR) is 78.3 cm³/mol. The monoisotopic (exact) mass is 289 g/mol. The Bertz CT molecular complexity index is 576. The molecule has 0 saturated carbocycles. The minimum atomic E-state index is -0.471. The molecule has 3 rings (SSSR count). The minimum absolute atomic E-state index is 0.0452. The fraction of sp³-hybridized carbons (Fsp3) is 0.533. The zero-order valence-electron chi connectivity index (χ0n) is 12.0. The molecule has 2 aliphatic heterocycles. The Kier molecular flexibility index (Phi) is 3.63. The molecule has 0 aromatic heterocycles. The summed E-state index contributed by atoms with van der Waals surface area (Å²) in [6.45, 7) is 1.80. The van der Waals surface area contributed by atoms with E-state index < -0.39 is 4.92 Å². The maximum Gasteiger partial charge on any atom is 0.270 e. The number of hydrogen-bond acceptors (Lipinski definition) is 4. The topological polar surface area (TPSA) is 84.3 Å². The number of aryl methyl sites for hydroxylation is 1. The summed E-state index contributed by atoms with van der Waals surface area (Å²) < 4.78 is 0. The summed E-state index contributed by atoms with van der Waals surface area (Å²) in [5, 5.41) is 17.4. The van der Waals surface area contributed by atoms with Crippen molar-refractivity contribution >= 4 is 11.6 Å². The van der Waals surface area contributed by atoms with Gasteiger partial charge in [0.05, 0.1) is 4.92 Å². The molecule has 2 unspecified atom stereocenters. The molecule has 1 amide bonds. The minimum Gasteiger partial charge on any atom is -0.349 e. The normalized spacial score (nSPS) is 27.4. The Labute approximate surface area is 123 Å². The van der Waals surface area contributed by atoms with E-state index >= 15 is 0 Å². The van der Waals surface area contributed by atoms with Gasteiger partial charge in [-0.1, -0.05) is 6.07 Å². The molecule has 2 atom stereocenters. The highest BCUT2D eigenvalue weighted by molar-refractivity contribution is 5.96. The summed E-state index contributed by atoms with van der Waals surface area (Å²) in [5.74, 6) is -0.206. The van der Waals surface area contributed by atoms with Crippen LogP contribution in [0.25, 0.3) is 0 Å². The first-order valence-corrected chi connectivity index (χ1v) is 7.35. The quantitative estimate of drug-likeness (QED) is 0.657. The van der Waals surface area contributed by atoms with Gasteiger partial charge in [-0.15, -0.1) is 0 Å². The molecule has 2 aliphatic rings. The second-order valence-electron chi connectivity index (χ2n) is 6.04. The summed E-state index contributed by atoms with van der Waals surface area (Å²) in [6, 6.07) is 5.58. The number of nitro groups is 1. The van der Waals surface area contributed by atoms with E-state index in [0.717, 1.165) is 18.4 Å². The molecule has 0 radical (unpaired) electrons. The lowest BCUT2D eigenvalue weighted by atomic mass is 9.99. The Hall–Kier alpha value is -1.95. The summed E-state index contributed by atoms with van der Waals surface area (Å²) in [7, 11) is 0. The summed E-state index contributed by atoms with van der Waals surface area (Å²) in [5.41, 5.74) is 1.11. The third-order valence-corrected chi connectivity index (χ3v) is 4.48. The number of amides is 1. The van der Waals surface area contributed by atoms with E-state index in [1.165, 1.54) is 25.0 Å². The van der Waals surface area contributed by atoms with Crippen molar-refractivity contribution in [1.29, 1.82) is 0 Å². The molecule has 1 aromatic carbocycles. The standard InChI is InChI=1S/C15H19N3O3/c1-9-2-5-13(18(20)21)8-14(9)15(19)17-12-6-10-3-4-11(7-12)16-10/h2,5,8,10-12,16H,3-4,6-7H2,1H3,(H,17,19). The first-order chi connectivity index (χ1) is 10.0. The Morgan fingerprint density at radius 3 is 2.62 bits per heavy atom. The molecular weight excluding hydrogens is 270 g/mol. The van der Waals surface area contributed by atoms with E-state index in [1.54, 1.807) is 13.0 Å². The van der Waals surface area contributed by atoms with Crippen molar-refractivity contribution in [3.05, 3.63) is 39.4 Å². The fourth-order valence-electron chi connectivity index (χ4n) is 3.41. The fourth-order valence-corrected chi connectivity index (χ4v) is 3.41. The number of non-ortho nitro benzene ring substituents is 1. The van der Waals surface area contributed by atoms with Crippen LogP contribution in [0.2, 0.25) is 0 Å². The summed E-state index contributed by atoms with van der Waals surface area (Å²) >= 11 is 0. The number of carbonyl (C=O) groups excluding carboxylic acids is 1. The van der Waals surface area contributed by atoms with Crippen LogP contribution in [0, 0.1) is 17.0 Å². The number of fused-ring (bicyclic) bond motifs is 2. The molecule has 2 N–H and O–H groups in total. The average molecular weight is 289 g/mol. The molecule has 0 spiro atoms. The van der Waals surface area contributed by atoms with Crippen LogP contribution >= 0.6 is 0 Å². The molecule has 1 aromatic rings. The average Bonchev–Trinajstić information content (AvgIpc) is 2.78. The molecule has 0 aliphatic carbocycles. The van der Waals surface area contributed by atoms with Crippen LogP contribution in [0.15, 0.2) is 18.2 Å². The number of benzene rings is 1. The summed E-state index contributed by atoms with van der Waals surface area (Å²) in [6.07, 6.45) is 4.23. The van der Waals surface area contributed by atoms with Gasteiger partial charge in [0.1, 0.15) is 0 Å². The Morgan fingerprint density at radius 2 is 2.00 bits per heavy atom. The van der Waals surface area contributed by atoms with Gasteiger partial charge in [-0.3, -0.25) is 14.9 Å². The van der Waals surface area contributed by atoms with Crippen molar-refractivity contribution in [3.8, 4) is 0 Å². The lowest BCUT2D eigenvalue weighted by molar-refractivity contribution is -0.384. The van der Waals surface area contributed by atoms with Gasteiger partial charge >= 0.3 is 0 Å². The SMILES string of the molecule is Cc1ccc([N+](=O)[O-])cc1C(=O)NC1CC2CCC(C1)N2. The van der Waals surface area contributed by atoms with Gasteiger partial charge in [-0.25, -0.2) is 0 Å². The highest BCUT2D eigenvalue weighted by Gasteiger charge is 2.34. The highest BCUT2D eigenvalue weighted by atomic mass is 16.6. The van der Waals surface area contributed by atoms with Crippen molar-refractivity contribution in [2.45, 2.75) is 50.7 Å². The zero-order valence-corrected chi connectivity index (χ0v) is 12.0. The first kappa shape index (κ1) is 14.0. The number of nitrogens with one attached hydrogen (secondary N) is 2. The molecule has 2 bridgehead atoms. The van der Waals surface area contributed by atoms with Crippen LogP contribution < -0.4 is 10.6 Å². The van der Waals surface area contributed by atoms with Crippen molar-refractivity contribution in [2.24, 2.45) is 0 Å². The van der Waals surface area contributed by atoms with E-state index in [2.05, 4.69) is 10.6 Å². The number of piperidine rings is 1. The third-order valence-electron chi connectivity index (χ3n) is 4.48. The van der Waals surface area contributed by atoms with Crippen molar-refractivity contribution in [1.82, 2.24) is 10.6 Å². The van der Waals surface area contributed by atoms with E-state index in [1.807, 2.05) is 0 Å². The lowest BCUT2D eigenvalue weighted by Gasteiger charge is -2.29. The zero-order chi connectivity index (χ0) is 15.0. The maximum atomic E-state index is 12.4. The molecule has 6 nitrogen and oxygen atoms in total. The van der Waals surface area contributed by atoms with Crippen molar-refractivity contribution in [2.75, 3.05) is 0 Å².